The summed E-state index contributed by atoms with van der Waals surface area (Å²) >= 11 is 0. The maximum Gasteiger partial charge on any atom is 0.119 e. The minimum absolute atomic E-state index is 0.260. The van der Waals surface area contributed by atoms with Gasteiger partial charge < -0.3 is 19.5 Å². The molecule has 5 nitrogen and oxygen atoms in total. The van der Waals surface area contributed by atoms with Crippen LogP contribution in [-0.4, -0.2) is 55.1 Å². The van der Waals surface area contributed by atoms with E-state index in [4.69, 9.17) is 14.7 Å². The van der Waals surface area contributed by atoms with Crippen LogP contribution in [0.3, 0.4) is 0 Å². The second-order valence-corrected chi connectivity index (χ2v) is 6.83. The van der Waals surface area contributed by atoms with Crippen LogP contribution in [-0.2, 0) is 4.74 Å². The van der Waals surface area contributed by atoms with Crippen molar-refractivity contribution in [1.29, 1.82) is 5.26 Å². The third kappa shape index (κ3) is 6.48. The lowest BCUT2D eigenvalue weighted by Gasteiger charge is -2.33. The topological polar surface area (TPSA) is 65.7 Å². The predicted octanol–water partition coefficient (Wildman–Crippen LogP) is 2.43. The van der Waals surface area contributed by atoms with E-state index in [2.05, 4.69) is 24.8 Å². The maximum atomic E-state index is 10.2. The van der Waals surface area contributed by atoms with Crippen LogP contribution >= 0.6 is 0 Å². The van der Waals surface area contributed by atoms with Crippen LogP contribution in [0.2, 0.25) is 0 Å². The molecule has 0 aromatic heterocycles. The van der Waals surface area contributed by atoms with Gasteiger partial charge in [0.05, 0.1) is 17.7 Å². The van der Waals surface area contributed by atoms with E-state index in [1.165, 1.54) is 0 Å². The van der Waals surface area contributed by atoms with Crippen LogP contribution in [0.25, 0.3) is 0 Å². The first kappa shape index (κ1) is 18.7. The molecule has 1 N–H and O–H groups in total. The number of nitrogens with zero attached hydrogens (tertiary/aromatic N) is 2. The summed E-state index contributed by atoms with van der Waals surface area (Å²) in [6.45, 7) is 7.95. The van der Waals surface area contributed by atoms with Gasteiger partial charge in [0.1, 0.15) is 18.5 Å². The van der Waals surface area contributed by atoms with Gasteiger partial charge in [0.25, 0.3) is 0 Å². The van der Waals surface area contributed by atoms with Crippen LogP contribution < -0.4 is 4.74 Å². The number of hydrogen-bond acceptors (Lipinski definition) is 5. The largest absolute Gasteiger partial charge is 0.491 e. The number of rotatable bonds is 8. The number of benzene rings is 1. The van der Waals surface area contributed by atoms with E-state index in [9.17, 15) is 5.11 Å². The molecule has 0 amide bonds. The Hall–Kier alpha value is -1.61. The molecule has 1 heterocycles. The summed E-state index contributed by atoms with van der Waals surface area (Å²) in [6, 6.07) is 9.00. The predicted molar refractivity (Wildman–Crippen MR) is 92.9 cm³/mol. The Morgan fingerprint density at radius 3 is 2.46 bits per heavy atom. The van der Waals surface area contributed by atoms with Gasteiger partial charge in [0.2, 0.25) is 0 Å². The van der Waals surface area contributed by atoms with Gasteiger partial charge in [-0.25, -0.2) is 0 Å². The number of aliphatic hydroxyl groups is 1. The fourth-order valence-electron chi connectivity index (χ4n) is 2.76. The van der Waals surface area contributed by atoms with E-state index < -0.39 is 6.10 Å². The summed E-state index contributed by atoms with van der Waals surface area (Å²) in [6.07, 6.45) is 1.88. The highest BCUT2D eigenvalue weighted by atomic mass is 16.5. The van der Waals surface area contributed by atoms with Gasteiger partial charge in [0.15, 0.2) is 0 Å². The molecular formula is C19H28N2O3. The molecule has 1 unspecified atom stereocenters. The Balaban J connectivity index is 1.64. The Bertz CT molecular complexity index is 516. The molecule has 0 spiro atoms. The van der Waals surface area contributed by atoms with Crippen molar-refractivity contribution in [3.05, 3.63) is 29.8 Å². The van der Waals surface area contributed by atoms with Crippen molar-refractivity contribution < 1.29 is 14.6 Å². The molecule has 5 heteroatoms. The maximum absolute atomic E-state index is 10.2. The fraction of sp³-hybridized carbons (Fsp3) is 0.632. The van der Waals surface area contributed by atoms with Gasteiger partial charge in [0, 0.05) is 26.2 Å². The van der Waals surface area contributed by atoms with Gasteiger partial charge in [-0.1, -0.05) is 13.8 Å². The van der Waals surface area contributed by atoms with Gasteiger partial charge in [-0.2, -0.15) is 5.26 Å². The number of β-amino-alcohol motifs (C(OH)–C–C–N with tert-alkyl or cyclic N) is 1. The second kappa shape index (κ2) is 9.63. The Kier molecular flexibility index (Phi) is 7.51. The van der Waals surface area contributed by atoms with E-state index in [-0.39, 0.29) is 6.61 Å². The van der Waals surface area contributed by atoms with Crippen molar-refractivity contribution in [2.75, 3.05) is 32.8 Å². The van der Waals surface area contributed by atoms with Crippen molar-refractivity contribution in [2.45, 2.75) is 38.9 Å². The molecular weight excluding hydrogens is 304 g/mol. The second-order valence-electron chi connectivity index (χ2n) is 6.83. The molecule has 0 radical (unpaired) electrons. The van der Waals surface area contributed by atoms with Crippen LogP contribution in [0.1, 0.15) is 32.3 Å². The molecule has 2 rings (SSSR count). The first-order valence-corrected chi connectivity index (χ1v) is 8.71. The van der Waals surface area contributed by atoms with Gasteiger partial charge >= 0.3 is 0 Å². The van der Waals surface area contributed by atoms with Gasteiger partial charge in [-0.05, 0) is 43.0 Å². The van der Waals surface area contributed by atoms with Gasteiger partial charge in [-0.15, -0.1) is 0 Å². The third-order valence-corrected chi connectivity index (χ3v) is 4.09. The molecule has 1 aliphatic rings. The third-order valence-electron chi connectivity index (χ3n) is 4.09. The summed E-state index contributed by atoms with van der Waals surface area (Å²) in [5.74, 6) is 1.25. The van der Waals surface area contributed by atoms with E-state index in [0.717, 1.165) is 32.5 Å². The van der Waals surface area contributed by atoms with E-state index >= 15 is 0 Å². The highest BCUT2D eigenvalue weighted by molar-refractivity contribution is 5.34. The molecule has 1 aromatic rings. The number of aliphatic hydroxyl groups excluding tert-OH is 1. The summed E-state index contributed by atoms with van der Waals surface area (Å²) in [7, 11) is 0. The van der Waals surface area contributed by atoms with E-state index in [1.807, 2.05) is 0 Å². The van der Waals surface area contributed by atoms with Crippen molar-refractivity contribution in [3.8, 4) is 11.8 Å². The van der Waals surface area contributed by atoms with Crippen molar-refractivity contribution in [1.82, 2.24) is 4.90 Å². The van der Waals surface area contributed by atoms with Crippen molar-refractivity contribution in [2.24, 2.45) is 5.92 Å². The molecule has 1 aliphatic heterocycles. The SMILES string of the molecule is CC(C)COC1CCN(CC(O)COc2ccc(C#N)cc2)CC1. The zero-order valence-electron chi connectivity index (χ0n) is 14.6. The fourth-order valence-corrected chi connectivity index (χ4v) is 2.76. The summed E-state index contributed by atoms with van der Waals surface area (Å²) in [4.78, 5) is 2.27. The molecule has 0 aliphatic carbocycles. The lowest BCUT2D eigenvalue weighted by atomic mass is 10.1. The van der Waals surface area contributed by atoms with Crippen molar-refractivity contribution >= 4 is 0 Å². The summed E-state index contributed by atoms with van der Waals surface area (Å²) in [5.41, 5.74) is 0.602. The average molecular weight is 332 g/mol. The van der Waals surface area contributed by atoms with Crippen LogP contribution in [0, 0.1) is 17.2 Å². The quantitative estimate of drug-likeness (QED) is 0.792. The van der Waals surface area contributed by atoms with Crippen molar-refractivity contribution in [3.63, 3.8) is 0 Å². The monoisotopic (exact) mass is 332 g/mol. The van der Waals surface area contributed by atoms with Crippen LogP contribution in [0.4, 0.5) is 0 Å². The number of ether oxygens (including phenoxy) is 2. The summed E-state index contributed by atoms with van der Waals surface area (Å²) < 4.78 is 11.5. The van der Waals surface area contributed by atoms with E-state index in [1.54, 1.807) is 24.3 Å². The molecule has 1 fully saturated rings. The standard InChI is InChI=1S/C19H28N2O3/c1-15(2)13-23-19-7-9-21(10-8-19)12-17(22)14-24-18-5-3-16(11-20)4-6-18/h3-6,15,17,19,22H,7-10,12-14H2,1-2H3. The number of nitriles is 1. The molecule has 132 valence electrons. The van der Waals surface area contributed by atoms with E-state index in [0.29, 0.717) is 29.9 Å². The zero-order chi connectivity index (χ0) is 17.4. The highest BCUT2D eigenvalue weighted by Gasteiger charge is 2.21. The number of piperidine rings is 1. The number of hydrogen-bond donors (Lipinski definition) is 1. The minimum atomic E-state index is -0.520. The molecule has 1 atom stereocenters. The zero-order valence-corrected chi connectivity index (χ0v) is 14.6. The Labute approximate surface area is 144 Å². The number of likely N-dealkylation sites (tertiary alicyclic amines) is 1. The van der Waals surface area contributed by atoms with Crippen LogP contribution in [0.5, 0.6) is 5.75 Å². The molecule has 1 aromatic carbocycles. The first-order chi connectivity index (χ1) is 11.6. The smallest absolute Gasteiger partial charge is 0.119 e. The molecule has 24 heavy (non-hydrogen) atoms. The molecule has 1 saturated heterocycles. The summed E-state index contributed by atoms with van der Waals surface area (Å²) in [5, 5.41) is 18.9. The minimum Gasteiger partial charge on any atom is -0.491 e. The Morgan fingerprint density at radius 2 is 1.88 bits per heavy atom. The molecule has 0 saturated carbocycles. The lowest BCUT2D eigenvalue weighted by Crippen LogP contribution is -2.42. The lowest BCUT2D eigenvalue weighted by molar-refractivity contribution is -0.0156. The van der Waals surface area contributed by atoms with Gasteiger partial charge in [-0.3, -0.25) is 0 Å². The molecule has 0 bridgehead atoms. The average Bonchev–Trinajstić information content (AvgIpc) is 2.60. The normalized spacial score (nSPS) is 17.6. The first-order valence-electron chi connectivity index (χ1n) is 8.71. The Morgan fingerprint density at radius 1 is 1.21 bits per heavy atom. The highest BCUT2D eigenvalue weighted by Crippen LogP contribution is 2.16. The van der Waals surface area contributed by atoms with Crippen LogP contribution in [0.15, 0.2) is 24.3 Å².